The minimum absolute atomic E-state index is 0.193. The van der Waals surface area contributed by atoms with E-state index in [9.17, 15) is 19.5 Å². The normalized spacial score (nSPS) is 10.2. The number of aryl methyl sites for hydroxylation is 1. The highest BCUT2D eigenvalue weighted by molar-refractivity contribution is 7.16. The molecule has 0 aliphatic rings. The molecule has 0 unspecified atom stereocenters. The number of carbonyl (C=O) groups excluding carboxylic acids is 3. The number of anilines is 1. The van der Waals surface area contributed by atoms with Crippen LogP contribution in [0.5, 0.6) is 0 Å². The van der Waals surface area contributed by atoms with Crippen molar-refractivity contribution in [3.63, 3.8) is 0 Å². The van der Waals surface area contributed by atoms with Crippen molar-refractivity contribution in [1.29, 1.82) is 0 Å². The van der Waals surface area contributed by atoms with Gasteiger partial charge in [0.1, 0.15) is 5.00 Å². The molecule has 7 heteroatoms. The molecule has 20 heavy (non-hydrogen) atoms. The first kappa shape index (κ1) is 16.2. The van der Waals surface area contributed by atoms with Gasteiger partial charge in [-0.25, -0.2) is 4.79 Å². The molecule has 0 atom stereocenters. The molecule has 1 rings (SSSR count). The van der Waals surface area contributed by atoms with Gasteiger partial charge in [0.25, 0.3) is 0 Å². The lowest BCUT2D eigenvalue weighted by molar-refractivity contribution is -0.305. The molecule has 0 aliphatic heterocycles. The highest BCUT2D eigenvalue weighted by atomic mass is 32.1. The van der Waals surface area contributed by atoms with Crippen LogP contribution in [0.1, 0.15) is 40.6 Å². The number of nitrogens with one attached hydrogen (secondary N) is 1. The molecule has 0 saturated heterocycles. The predicted molar refractivity (Wildman–Crippen MR) is 72.6 cm³/mol. The maximum Gasteiger partial charge on any atom is 0.341 e. The van der Waals surface area contributed by atoms with E-state index >= 15 is 0 Å². The molecule has 0 bridgehead atoms. The van der Waals surface area contributed by atoms with Gasteiger partial charge in [0.15, 0.2) is 0 Å². The lowest BCUT2D eigenvalue weighted by atomic mass is 10.1. The Bertz CT molecular complexity index is 535. The summed E-state index contributed by atoms with van der Waals surface area (Å²) in [5, 5.41) is 13.3. The Balaban J connectivity index is 2.97. The van der Waals surface area contributed by atoms with Crippen molar-refractivity contribution in [2.45, 2.75) is 33.1 Å². The summed E-state index contributed by atoms with van der Waals surface area (Å²) in [7, 11) is 1.27. The summed E-state index contributed by atoms with van der Waals surface area (Å²) in [6.07, 6.45) is 0.0907. The molecule has 0 aromatic carbocycles. The maximum absolute atomic E-state index is 11.8. The van der Waals surface area contributed by atoms with Gasteiger partial charge in [-0.05, 0) is 25.3 Å². The van der Waals surface area contributed by atoms with Crippen molar-refractivity contribution < 1.29 is 24.2 Å². The Hall–Kier alpha value is -1.89. The van der Waals surface area contributed by atoms with Crippen LogP contribution in [-0.2, 0) is 20.7 Å². The number of thiophene rings is 1. The third-order valence-electron chi connectivity index (χ3n) is 2.76. The van der Waals surface area contributed by atoms with E-state index in [1.54, 1.807) is 0 Å². The third-order valence-corrected chi connectivity index (χ3v) is 3.82. The van der Waals surface area contributed by atoms with Crippen LogP contribution >= 0.6 is 11.3 Å². The molecule has 0 aliphatic carbocycles. The first-order valence-corrected chi connectivity index (χ1v) is 6.92. The van der Waals surface area contributed by atoms with Gasteiger partial charge in [-0.3, -0.25) is 4.79 Å². The minimum atomic E-state index is -1.29. The zero-order chi connectivity index (χ0) is 15.3. The standard InChI is InChI=1S/C13H17NO5S/c1-4-8-7(2)20-12(11(8)13(18)19-3)14-9(15)5-6-10(16)17/h4-6H2,1-3H3,(H,14,15)(H,16,17)/p-1. The predicted octanol–water partition coefficient (Wildman–Crippen LogP) is 0.874. The molecule has 1 aromatic rings. The first-order valence-electron chi connectivity index (χ1n) is 6.10. The van der Waals surface area contributed by atoms with Gasteiger partial charge < -0.3 is 20.0 Å². The van der Waals surface area contributed by atoms with Crippen LogP contribution in [0.3, 0.4) is 0 Å². The fourth-order valence-corrected chi connectivity index (χ4v) is 2.96. The highest BCUT2D eigenvalue weighted by Gasteiger charge is 2.22. The van der Waals surface area contributed by atoms with Crippen molar-refractivity contribution in [1.82, 2.24) is 0 Å². The minimum Gasteiger partial charge on any atom is -0.550 e. The first-order chi connectivity index (χ1) is 9.40. The Morgan fingerprint density at radius 2 is 1.95 bits per heavy atom. The number of carboxylic acid groups (broad SMARTS) is 1. The molecule has 0 radical (unpaired) electrons. The third kappa shape index (κ3) is 3.80. The Morgan fingerprint density at radius 1 is 1.30 bits per heavy atom. The topological polar surface area (TPSA) is 95.5 Å². The largest absolute Gasteiger partial charge is 0.550 e. The van der Waals surface area contributed by atoms with Crippen LogP contribution < -0.4 is 10.4 Å². The van der Waals surface area contributed by atoms with Crippen molar-refractivity contribution in [2.24, 2.45) is 0 Å². The van der Waals surface area contributed by atoms with Gasteiger partial charge in [-0.1, -0.05) is 6.92 Å². The van der Waals surface area contributed by atoms with Crippen LogP contribution in [0.4, 0.5) is 5.00 Å². The molecule has 1 heterocycles. The number of carboxylic acids is 1. The molecule has 6 nitrogen and oxygen atoms in total. The second kappa shape index (κ2) is 7.04. The Labute approximate surface area is 120 Å². The summed E-state index contributed by atoms with van der Waals surface area (Å²) in [6, 6.07) is 0. The summed E-state index contributed by atoms with van der Waals surface area (Å²) in [6.45, 7) is 3.76. The fourth-order valence-electron chi connectivity index (χ4n) is 1.82. The van der Waals surface area contributed by atoms with Crippen LogP contribution in [0, 0.1) is 6.92 Å². The van der Waals surface area contributed by atoms with Gasteiger partial charge in [-0.2, -0.15) is 0 Å². The van der Waals surface area contributed by atoms with Crippen LogP contribution in [-0.4, -0.2) is 25.0 Å². The van der Waals surface area contributed by atoms with Crippen LogP contribution in [0.25, 0.3) is 0 Å². The van der Waals surface area contributed by atoms with Gasteiger partial charge in [0.2, 0.25) is 5.91 Å². The lowest BCUT2D eigenvalue weighted by Gasteiger charge is -2.07. The van der Waals surface area contributed by atoms with E-state index in [1.807, 2.05) is 13.8 Å². The van der Waals surface area contributed by atoms with Crippen LogP contribution in [0.2, 0.25) is 0 Å². The SMILES string of the molecule is CCc1c(C)sc(NC(=O)CCC(=O)[O-])c1C(=O)OC. The van der Waals surface area contributed by atoms with E-state index in [0.29, 0.717) is 17.0 Å². The number of amides is 1. The molecule has 1 N–H and O–H groups in total. The number of methoxy groups -OCH3 is 1. The number of carbonyl (C=O) groups is 3. The maximum atomic E-state index is 11.8. The van der Waals surface area contributed by atoms with E-state index in [2.05, 4.69) is 5.32 Å². The summed E-state index contributed by atoms with van der Waals surface area (Å²) < 4.78 is 4.72. The quantitative estimate of drug-likeness (QED) is 0.786. The monoisotopic (exact) mass is 298 g/mol. The van der Waals surface area contributed by atoms with Crippen molar-refractivity contribution >= 4 is 34.2 Å². The molecule has 1 amide bonds. The second-order valence-electron chi connectivity index (χ2n) is 4.11. The second-order valence-corrected chi connectivity index (χ2v) is 5.33. The van der Waals surface area contributed by atoms with Crippen molar-refractivity contribution in [3.05, 3.63) is 16.0 Å². The van der Waals surface area contributed by atoms with Gasteiger partial charge in [0.05, 0.1) is 12.7 Å². The van der Waals surface area contributed by atoms with E-state index in [1.165, 1.54) is 18.4 Å². The molecule has 0 fully saturated rings. The van der Waals surface area contributed by atoms with E-state index in [0.717, 1.165) is 10.4 Å². The van der Waals surface area contributed by atoms with Gasteiger partial charge in [0, 0.05) is 17.3 Å². The Kier molecular flexibility index (Phi) is 5.69. The zero-order valence-electron chi connectivity index (χ0n) is 11.6. The fraction of sp³-hybridized carbons (Fsp3) is 0.462. The number of ether oxygens (including phenoxy) is 1. The summed E-state index contributed by atoms with van der Waals surface area (Å²) in [5.41, 5.74) is 1.18. The molecule has 0 spiro atoms. The molecule has 0 saturated carbocycles. The average molecular weight is 298 g/mol. The highest BCUT2D eigenvalue weighted by Crippen LogP contribution is 2.34. The van der Waals surface area contributed by atoms with Gasteiger partial charge >= 0.3 is 5.97 Å². The molecule has 110 valence electrons. The van der Waals surface area contributed by atoms with Crippen molar-refractivity contribution in [3.8, 4) is 0 Å². The number of esters is 1. The summed E-state index contributed by atoms with van der Waals surface area (Å²) in [4.78, 5) is 34.7. The molecule has 1 aromatic heterocycles. The molecular weight excluding hydrogens is 282 g/mol. The lowest BCUT2D eigenvalue weighted by Crippen LogP contribution is -2.24. The van der Waals surface area contributed by atoms with Crippen molar-refractivity contribution in [2.75, 3.05) is 12.4 Å². The van der Waals surface area contributed by atoms with E-state index in [-0.39, 0.29) is 12.8 Å². The van der Waals surface area contributed by atoms with E-state index in [4.69, 9.17) is 4.74 Å². The average Bonchev–Trinajstić information content (AvgIpc) is 2.71. The number of aliphatic carboxylic acids is 1. The number of rotatable bonds is 6. The zero-order valence-corrected chi connectivity index (χ0v) is 12.4. The number of hydrogen-bond acceptors (Lipinski definition) is 6. The van der Waals surface area contributed by atoms with E-state index < -0.39 is 17.8 Å². The number of hydrogen-bond donors (Lipinski definition) is 1. The summed E-state index contributed by atoms with van der Waals surface area (Å²) in [5.74, 6) is -2.27. The summed E-state index contributed by atoms with van der Waals surface area (Å²) >= 11 is 1.28. The van der Waals surface area contributed by atoms with Crippen LogP contribution in [0.15, 0.2) is 0 Å². The smallest absolute Gasteiger partial charge is 0.341 e. The Morgan fingerprint density at radius 3 is 2.45 bits per heavy atom. The molecular formula is C13H16NO5S-. The van der Waals surface area contributed by atoms with Gasteiger partial charge in [-0.15, -0.1) is 11.3 Å².